The van der Waals surface area contributed by atoms with Crippen LogP contribution in [0.1, 0.15) is 12.0 Å². The first-order valence-electron chi connectivity index (χ1n) is 4.77. The van der Waals surface area contributed by atoms with E-state index in [0.29, 0.717) is 13.0 Å². The molecular weight excluding hydrogens is 188 g/mol. The van der Waals surface area contributed by atoms with Gasteiger partial charge in [-0.25, -0.2) is 4.79 Å². The number of carbonyl (C=O) groups excluding carboxylic acids is 1. The summed E-state index contributed by atoms with van der Waals surface area (Å²) in [4.78, 5) is 11.3. The Morgan fingerprint density at radius 1 is 1.40 bits per heavy atom. The maximum absolute atomic E-state index is 11.3. The van der Waals surface area contributed by atoms with Crippen LogP contribution in [0, 0.1) is 19.3 Å². The summed E-state index contributed by atoms with van der Waals surface area (Å²) >= 11 is 0. The van der Waals surface area contributed by atoms with Gasteiger partial charge in [-0.1, -0.05) is 17.7 Å². The van der Waals surface area contributed by atoms with E-state index in [2.05, 4.69) is 16.6 Å². The van der Waals surface area contributed by atoms with Gasteiger partial charge in [-0.3, -0.25) is 0 Å². The van der Waals surface area contributed by atoms with Gasteiger partial charge in [0.15, 0.2) is 0 Å². The Morgan fingerprint density at radius 2 is 2.07 bits per heavy atom. The van der Waals surface area contributed by atoms with Crippen molar-refractivity contribution in [1.29, 1.82) is 0 Å². The lowest BCUT2D eigenvalue weighted by molar-refractivity contribution is 0.252. The smallest absolute Gasteiger partial charge is 0.319 e. The Bertz CT molecular complexity index is 362. The van der Waals surface area contributed by atoms with Crippen LogP contribution in [0.2, 0.25) is 0 Å². The molecule has 3 heteroatoms. The van der Waals surface area contributed by atoms with Gasteiger partial charge < -0.3 is 10.6 Å². The van der Waals surface area contributed by atoms with Crippen molar-refractivity contribution in [2.75, 3.05) is 11.9 Å². The molecule has 1 aromatic rings. The largest absolute Gasteiger partial charge is 0.337 e. The van der Waals surface area contributed by atoms with Crippen LogP contribution in [-0.2, 0) is 0 Å². The molecule has 0 fully saturated rings. The number of carbonyl (C=O) groups is 1. The van der Waals surface area contributed by atoms with Crippen LogP contribution >= 0.6 is 0 Å². The van der Waals surface area contributed by atoms with E-state index < -0.39 is 0 Å². The second-order valence-electron chi connectivity index (χ2n) is 3.20. The van der Waals surface area contributed by atoms with Crippen LogP contribution in [0.5, 0.6) is 0 Å². The number of hydrogen-bond donors (Lipinski definition) is 2. The first-order chi connectivity index (χ1) is 7.22. The van der Waals surface area contributed by atoms with Crippen LogP contribution in [0.4, 0.5) is 10.5 Å². The Kier molecular flexibility index (Phi) is 4.24. The van der Waals surface area contributed by atoms with Crippen molar-refractivity contribution in [3.05, 3.63) is 29.8 Å². The molecule has 0 aromatic heterocycles. The highest BCUT2D eigenvalue weighted by molar-refractivity contribution is 5.89. The zero-order valence-corrected chi connectivity index (χ0v) is 8.71. The average Bonchev–Trinajstić information content (AvgIpc) is 2.22. The fraction of sp³-hybridized carbons (Fsp3) is 0.250. The van der Waals surface area contributed by atoms with Gasteiger partial charge in [-0.15, -0.1) is 12.3 Å². The summed E-state index contributed by atoms with van der Waals surface area (Å²) in [5.74, 6) is 2.45. The SMILES string of the molecule is C#CCCNC(=O)Nc1ccc(C)cc1. The van der Waals surface area contributed by atoms with E-state index in [9.17, 15) is 4.79 Å². The lowest BCUT2D eigenvalue weighted by atomic mass is 10.2. The van der Waals surface area contributed by atoms with Crippen LogP contribution in [-0.4, -0.2) is 12.6 Å². The standard InChI is InChI=1S/C12H14N2O/c1-3-4-9-13-12(15)14-11-7-5-10(2)6-8-11/h1,5-8H,4,9H2,2H3,(H2,13,14,15). The molecule has 0 heterocycles. The first-order valence-corrected chi connectivity index (χ1v) is 4.77. The highest BCUT2D eigenvalue weighted by Gasteiger charge is 1.99. The molecule has 0 aliphatic heterocycles. The summed E-state index contributed by atoms with van der Waals surface area (Å²) in [7, 11) is 0. The minimum atomic E-state index is -0.228. The topological polar surface area (TPSA) is 41.1 Å². The Labute approximate surface area is 89.9 Å². The maximum atomic E-state index is 11.3. The molecule has 0 spiro atoms. The molecule has 2 N–H and O–H groups in total. The van der Waals surface area contributed by atoms with Gasteiger partial charge in [0, 0.05) is 18.7 Å². The van der Waals surface area contributed by atoms with Gasteiger partial charge in [0.2, 0.25) is 0 Å². The number of urea groups is 1. The van der Waals surface area contributed by atoms with Gasteiger partial charge in [0.05, 0.1) is 0 Å². The molecule has 0 radical (unpaired) electrons. The van der Waals surface area contributed by atoms with Crippen molar-refractivity contribution in [3.8, 4) is 12.3 Å². The first kappa shape index (κ1) is 11.1. The summed E-state index contributed by atoms with van der Waals surface area (Å²) in [6.07, 6.45) is 5.61. The van der Waals surface area contributed by atoms with Crippen LogP contribution in [0.15, 0.2) is 24.3 Å². The third-order valence-electron chi connectivity index (χ3n) is 1.86. The van der Waals surface area contributed by atoms with E-state index in [1.165, 1.54) is 0 Å². The van der Waals surface area contributed by atoms with Crippen molar-refractivity contribution in [2.24, 2.45) is 0 Å². The summed E-state index contributed by atoms with van der Waals surface area (Å²) < 4.78 is 0. The van der Waals surface area contributed by atoms with Gasteiger partial charge in [0.1, 0.15) is 0 Å². The van der Waals surface area contributed by atoms with Crippen LogP contribution in [0.3, 0.4) is 0 Å². The highest BCUT2D eigenvalue weighted by Crippen LogP contribution is 2.07. The quantitative estimate of drug-likeness (QED) is 0.572. The average molecular weight is 202 g/mol. The van der Waals surface area contributed by atoms with Crippen LogP contribution < -0.4 is 10.6 Å². The zero-order valence-electron chi connectivity index (χ0n) is 8.71. The van der Waals surface area contributed by atoms with Crippen molar-refractivity contribution in [2.45, 2.75) is 13.3 Å². The predicted molar refractivity (Wildman–Crippen MR) is 61.7 cm³/mol. The van der Waals surface area contributed by atoms with Crippen LogP contribution in [0.25, 0.3) is 0 Å². The molecule has 0 bridgehead atoms. The lowest BCUT2D eigenvalue weighted by Crippen LogP contribution is -2.29. The van der Waals surface area contributed by atoms with Gasteiger partial charge in [-0.2, -0.15) is 0 Å². The molecule has 0 aliphatic rings. The van der Waals surface area contributed by atoms with Gasteiger partial charge >= 0.3 is 6.03 Å². The lowest BCUT2D eigenvalue weighted by Gasteiger charge is -2.06. The molecule has 1 aromatic carbocycles. The van der Waals surface area contributed by atoms with E-state index in [1.54, 1.807) is 0 Å². The van der Waals surface area contributed by atoms with E-state index in [-0.39, 0.29) is 6.03 Å². The summed E-state index contributed by atoms with van der Waals surface area (Å²) in [5, 5.41) is 5.36. The fourth-order valence-corrected chi connectivity index (χ4v) is 1.06. The molecular formula is C12H14N2O. The third kappa shape index (κ3) is 4.19. The molecule has 1 rings (SSSR count). The number of anilines is 1. The number of benzene rings is 1. The Hall–Kier alpha value is -1.95. The molecule has 0 saturated heterocycles. The second kappa shape index (κ2) is 5.71. The van der Waals surface area contributed by atoms with Crippen molar-refractivity contribution < 1.29 is 4.79 Å². The van der Waals surface area contributed by atoms with E-state index in [1.807, 2.05) is 31.2 Å². The minimum Gasteiger partial charge on any atom is -0.337 e. The third-order valence-corrected chi connectivity index (χ3v) is 1.86. The summed E-state index contributed by atoms with van der Waals surface area (Å²) in [6, 6.07) is 7.37. The van der Waals surface area contributed by atoms with E-state index in [4.69, 9.17) is 6.42 Å². The number of nitrogens with one attached hydrogen (secondary N) is 2. The predicted octanol–water partition coefficient (Wildman–Crippen LogP) is 2.14. The van der Waals surface area contributed by atoms with Gasteiger partial charge in [0.25, 0.3) is 0 Å². The molecule has 2 amide bonds. The number of rotatable bonds is 3. The van der Waals surface area contributed by atoms with E-state index in [0.717, 1.165) is 11.3 Å². The molecule has 3 nitrogen and oxygen atoms in total. The molecule has 15 heavy (non-hydrogen) atoms. The maximum Gasteiger partial charge on any atom is 0.319 e. The van der Waals surface area contributed by atoms with Crippen molar-refractivity contribution in [3.63, 3.8) is 0 Å². The van der Waals surface area contributed by atoms with Crippen molar-refractivity contribution in [1.82, 2.24) is 5.32 Å². The fourth-order valence-electron chi connectivity index (χ4n) is 1.06. The molecule has 0 aliphatic carbocycles. The Morgan fingerprint density at radius 3 is 2.67 bits per heavy atom. The number of aryl methyl sites for hydroxylation is 1. The Balaban J connectivity index is 2.38. The minimum absolute atomic E-state index is 0.228. The number of hydrogen-bond acceptors (Lipinski definition) is 1. The second-order valence-corrected chi connectivity index (χ2v) is 3.20. The molecule has 0 atom stereocenters. The summed E-state index contributed by atoms with van der Waals surface area (Å²) in [5.41, 5.74) is 1.94. The normalized spacial score (nSPS) is 9.07. The zero-order chi connectivity index (χ0) is 11.1. The highest BCUT2D eigenvalue weighted by atomic mass is 16.2. The number of terminal acetylenes is 1. The van der Waals surface area contributed by atoms with E-state index >= 15 is 0 Å². The molecule has 78 valence electrons. The van der Waals surface area contributed by atoms with Gasteiger partial charge in [-0.05, 0) is 19.1 Å². The van der Waals surface area contributed by atoms with Crippen molar-refractivity contribution >= 4 is 11.7 Å². The summed E-state index contributed by atoms with van der Waals surface area (Å²) in [6.45, 7) is 2.49. The molecule has 0 saturated carbocycles. The monoisotopic (exact) mass is 202 g/mol. The molecule has 0 unspecified atom stereocenters. The number of amides is 2.